The Morgan fingerprint density at radius 3 is 2.18 bits per heavy atom. The molecule has 0 bridgehead atoms. The summed E-state index contributed by atoms with van der Waals surface area (Å²) in [6.07, 6.45) is 1.06. The van der Waals surface area contributed by atoms with Crippen molar-refractivity contribution < 1.29 is 0 Å². The summed E-state index contributed by atoms with van der Waals surface area (Å²) < 4.78 is 0. The molecule has 1 N–H and O–H groups in total. The highest BCUT2D eigenvalue weighted by atomic mass is 15.0. The van der Waals surface area contributed by atoms with E-state index in [-0.39, 0.29) is 5.54 Å². The largest absolute Gasteiger partial charge is 0.306 e. The lowest BCUT2D eigenvalue weighted by molar-refractivity contribution is 0.393. The van der Waals surface area contributed by atoms with Gasteiger partial charge in [-0.25, -0.2) is 0 Å². The van der Waals surface area contributed by atoms with E-state index in [0.717, 1.165) is 6.42 Å². The summed E-state index contributed by atoms with van der Waals surface area (Å²) in [5.74, 6) is 0. The summed E-state index contributed by atoms with van der Waals surface area (Å²) in [7, 11) is 0. The molecule has 0 aliphatic carbocycles. The first-order chi connectivity index (χ1) is 4.87. The Kier molecular flexibility index (Phi) is 3.81. The first-order valence-corrected chi connectivity index (χ1v) is 4.32. The predicted molar refractivity (Wildman–Crippen MR) is 51.8 cm³/mol. The second-order valence-corrected chi connectivity index (χ2v) is 4.13. The maximum atomic E-state index is 3.99. The van der Waals surface area contributed by atoms with Crippen molar-refractivity contribution in [2.75, 3.05) is 0 Å². The normalized spacial score (nSPS) is 14.6. The lowest BCUT2D eigenvalue weighted by Crippen LogP contribution is -2.42. The maximum absolute atomic E-state index is 3.99. The van der Waals surface area contributed by atoms with Crippen LogP contribution in [0.3, 0.4) is 0 Å². The topological polar surface area (TPSA) is 12.0 Å². The van der Waals surface area contributed by atoms with E-state index >= 15 is 0 Å². The molecule has 0 aromatic carbocycles. The van der Waals surface area contributed by atoms with Crippen LogP contribution in [-0.4, -0.2) is 11.6 Å². The molecule has 1 unspecified atom stereocenters. The van der Waals surface area contributed by atoms with E-state index < -0.39 is 0 Å². The van der Waals surface area contributed by atoms with E-state index in [4.69, 9.17) is 0 Å². The summed E-state index contributed by atoms with van der Waals surface area (Å²) in [4.78, 5) is 0. The Balaban J connectivity index is 3.87. The molecule has 0 spiro atoms. The first-order valence-electron chi connectivity index (χ1n) is 4.32. The van der Waals surface area contributed by atoms with Gasteiger partial charge >= 0.3 is 0 Å². The van der Waals surface area contributed by atoms with Gasteiger partial charge < -0.3 is 5.32 Å². The molecule has 11 heavy (non-hydrogen) atoms. The van der Waals surface area contributed by atoms with Crippen molar-refractivity contribution in [2.24, 2.45) is 0 Å². The zero-order valence-electron chi connectivity index (χ0n) is 8.49. The smallest absolute Gasteiger partial charge is 0.0253 e. The van der Waals surface area contributed by atoms with Crippen LogP contribution in [0.1, 0.15) is 41.0 Å². The quantitative estimate of drug-likeness (QED) is 0.618. The van der Waals surface area contributed by atoms with Crippen molar-refractivity contribution in [3.05, 3.63) is 12.2 Å². The van der Waals surface area contributed by atoms with Crippen molar-refractivity contribution in [3.8, 4) is 0 Å². The van der Waals surface area contributed by atoms with Gasteiger partial charge in [-0.2, -0.15) is 0 Å². The van der Waals surface area contributed by atoms with E-state index in [1.807, 2.05) is 0 Å². The zero-order chi connectivity index (χ0) is 9.07. The van der Waals surface area contributed by atoms with Gasteiger partial charge in [0, 0.05) is 11.6 Å². The van der Waals surface area contributed by atoms with E-state index in [0.29, 0.717) is 6.04 Å². The maximum Gasteiger partial charge on any atom is 0.0253 e. The van der Waals surface area contributed by atoms with Crippen molar-refractivity contribution in [1.29, 1.82) is 0 Å². The summed E-state index contributed by atoms with van der Waals surface area (Å²) in [6.45, 7) is 14.8. The Bertz CT molecular complexity index is 130. The Morgan fingerprint density at radius 2 is 1.91 bits per heavy atom. The van der Waals surface area contributed by atoms with Crippen molar-refractivity contribution in [2.45, 2.75) is 52.6 Å². The summed E-state index contributed by atoms with van der Waals surface area (Å²) >= 11 is 0. The molecule has 0 saturated carbocycles. The minimum Gasteiger partial charge on any atom is -0.306 e. The minimum atomic E-state index is 0.192. The average Bonchev–Trinajstić information content (AvgIpc) is 1.82. The fourth-order valence-corrected chi connectivity index (χ4v) is 1.06. The lowest BCUT2D eigenvalue weighted by Gasteiger charge is -2.27. The Morgan fingerprint density at radius 1 is 1.45 bits per heavy atom. The fourth-order valence-electron chi connectivity index (χ4n) is 1.06. The molecule has 1 atom stereocenters. The number of rotatable bonds is 3. The van der Waals surface area contributed by atoms with Gasteiger partial charge in [0.05, 0.1) is 0 Å². The monoisotopic (exact) mass is 155 g/mol. The molecule has 0 amide bonds. The number of nitrogens with one attached hydrogen (secondary N) is 1. The molecule has 0 aromatic heterocycles. The third-order valence-electron chi connectivity index (χ3n) is 1.72. The summed E-state index contributed by atoms with van der Waals surface area (Å²) in [5, 5.41) is 3.47. The second-order valence-electron chi connectivity index (χ2n) is 4.13. The highest BCUT2D eigenvalue weighted by molar-refractivity contribution is 5.03. The third-order valence-corrected chi connectivity index (χ3v) is 1.72. The van der Waals surface area contributed by atoms with Gasteiger partial charge in [-0.1, -0.05) is 19.1 Å². The molecule has 0 rings (SSSR count). The third kappa shape index (κ3) is 5.02. The minimum absolute atomic E-state index is 0.192. The molecule has 66 valence electrons. The summed E-state index contributed by atoms with van der Waals surface area (Å²) in [5.41, 5.74) is 1.47. The van der Waals surface area contributed by atoms with Crippen LogP contribution in [0, 0.1) is 0 Å². The molecule has 0 fully saturated rings. The molecule has 0 aliphatic rings. The van der Waals surface area contributed by atoms with Gasteiger partial charge in [0.25, 0.3) is 0 Å². The van der Waals surface area contributed by atoms with E-state index in [2.05, 4.69) is 46.5 Å². The zero-order valence-corrected chi connectivity index (χ0v) is 8.49. The number of hydrogen-bond donors (Lipinski definition) is 1. The van der Waals surface area contributed by atoms with Gasteiger partial charge in [0.15, 0.2) is 0 Å². The molecule has 0 saturated heterocycles. The fraction of sp³-hybridized carbons (Fsp3) is 0.800. The van der Waals surface area contributed by atoms with Crippen molar-refractivity contribution >= 4 is 0 Å². The van der Waals surface area contributed by atoms with Gasteiger partial charge in [0.2, 0.25) is 0 Å². The van der Waals surface area contributed by atoms with Crippen LogP contribution in [0.5, 0.6) is 0 Å². The van der Waals surface area contributed by atoms with Crippen LogP contribution in [0.25, 0.3) is 0 Å². The predicted octanol–water partition coefficient (Wildman–Crippen LogP) is 2.73. The molecular formula is C10H21N. The van der Waals surface area contributed by atoms with E-state index in [9.17, 15) is 0 Å². The molecule has 0 aliphatic heterocycles. The van der Waals surface area contributed by atoms with Crippen molar-refractivity contribution in [3.63, 3.8) is 0 Å². The van der Waals surface area contributed by atoms with Gasteiger partial charge in [-0.3, -0.25) is 0 Å². The standard InChI is InChI=1S/C10H21N/c1-7-8(2)9(3)11-10(4,5)6/h9,11H,2,7H2,1,3-6H3. The molecule has 0 aromatic rings. The average molecular weight is 155 g/mol. The first kappa shape index (κ1) is 10.7. The number of hydrogen-bond acceptors (Lipinski definition) is 1. The molecule has 1 heteroatoms. The lowest BCUT2D eigenvalue weighted by atomic mass is 10.0. The summed E-state index contributed by atoms with van der Waals surface area (Å²) in [6, 6.07) is 0.431. The van der Waals surface area contributed by atoms with E-state index in [1.165, 1.54) is 5.57 Å². The second kappa shape index (κ2) is 3.91. The van der Waals surface area contributed by atoms with Crippen LogP contribution in [0.4, 0.5) is 0 Å². The van der Waals surface area contributed by atoms with Crippen LogP contribution >= 0.6 is 0 Å². The van der Waals surface area contributed by atoms with Gasteiger partial charge in [0.1, 0.15) is 0 Å². The van der Waals surface area contributed by atoms with Crippen molar-refractivity contribution in [1.82, 2.24) is 5.32 Å². The molecule has 0 heterocycles. The van der Waals surface area contributed by atoms with Crippen LogP contribution in [-0.2, 0) is 0 Å². The molecule has 1 nitrogen and oxygen atoms in total. The van der Waals surface area contributed by atoms with Crippen LogP contribution in [0.15, 0.2) is 12.2 Å². The Hall–Kier alpha value is -0.300. The van der Waals surface area contributed by atoms with Crippen LogP contribution < -0.4 is 5.32 Å². The SMILES string of the molecule is C=C(CC)C(C)NC(C)(C)C. The Labute approximate surface area is 70.9 Å². The highest BCUT2D eigenvalue weighted by Crippen LogP contribution is 2.08. The van der Waals surface area contributed by atoms with Gasteiger partial charge in [-0.15, -0.1) is 0 Å². The van der Waals surface area contributed by atoms with Crippen LogP contribution in [0.2, 0.25) is 0 Å². The molecular weight excluding hydrogens is 134 g/mol. The molecule has 0 radical (unpaired) electrons. The highest BCUT2D eigenvalue weighted by Gasteiger charge is 2.14. The van der Waals surface area contributed by atoms with Gasteiger partial charge in [-0.05, 0) is 34.1 Å². The van der Waals surface area contributed by atoms with E-state index in [1.54, 1.807) is 0 Å².